The molecule has 2 heteroatoms. The van der Waals surface area contributed by atoms with E-state index in [0.29, 0.717) is 0 Å². The first-order chi connectivity index (χ1) is 5.88. The normalized spacial score (nSPS) is 9.08. The summed E-state index contributed by atoms with van der Waals surface area (Å²) in [4.78, 5) is 2.33. The second kappa shape index (κ2) is 7.06. The van der Waals surface area contributed by atoms with Crippen molar-refractivity contribution in [2.45, 2.75) is 13.3 Å². The van der Waals surface area contributed by atoms with Crippen molar-refractivity contribution in [3.63, 3.8) is 0 Å². The molecule has 0 heterocycles. The van der Waals surface area contributed by atoms with Crippen LogP contribution in [0.25, 0.3) is 0 Å². The van der Waals surface area contributed by atoms with Crippen molar-refractivity contribution in [2.75, 3.05) is 18.0 Å². The van der Waals surface area contributed by atoms with Crippen LogP contribution in [-0.4, -0.2) is 13.1 Å². The van der Waals surface area contributed by atoms with Gasteiger partial charge in [0.05, 0.1) is 0 Å². The Morgan fingerprint density at radius 2 is 1.85 bits per heavy atom. The van der Waals surface area contributed by atoms with Gasteiger partial charge < -0.3 is 11.8 Å². The third kappa shape index (κ3) is 3.89. The van der Waals surface area contributed by atoms with Crippen LogP contribution in [0, 0.1) is 6.92 Å². The molecule has 66 valence electrons. The zero-order chi connectivity index (χ0) is 8.81. The Kier molecular flexibility index (Phi) is 6.85. The Balaban J connectivity index is 0.00000144. The third-order valence-corrected chi connectivity index (χ3v) is 1.93. The molecule has 0 radical (unpaired) electrons. The predicted octanol–water partition coefficient (Wildman–Crippen LogP) is -0.259. The summed E-state index contributed by atoms with van der Waals surface area (Å²) >= 11 is 0. The second-order valence-corrected chi connectivity index (χ2v) is 2.77. The molecule has 1 aromatic carbocycles. The molecule has 0 unspecified atom stereocenters. The van der Waals surface area contributed by atoms with Gasteiger partial charge in [-0.2, -0.15) is 6.42 Å². The fourth-order valence-electron chi connectivity index (χ4n) is 1.30. The summed E-state index contributed by atoms with van der Waals surface area (Å²) in [6.07, 6.45) is 0.961. The van der Waals surface area contributed by atoms with E-state index in [0.717, 1.165) is 19.5 Å². The SMILES string of the molecule is [CH2-]CCN(CC)c1ccccc1.[Li+]. The van der Waals surface area contributed by atoms with Gasteiger partial charge in [-0.05, 0) is 25.6 Å². The molecule has 1 rings (SSSR count). The van der Waals surface area contributed by atoms with Gasteiger partial charge in [0.25, 0.3) is 0 Å². The van der Waals surface area contributed by atoms with Crippen LogP contribution in [-0.2, 0) is 0 Å². The Bertz CT molecular complexity index is 211. The van der Waals surface area contributed by atoms with E-state index in [1.165, 1.54) is 5.69 Å². The maximum absolute atomic E-state index is 3.86. The largest absolute Gasteiger partial charge is 1.00 e. The molecule has 0 aromatic heterocycles. The standard InChI is InChI=1S/C11H16N.Li/c1-3-10-12(4-2)11-8-6-5-7-9-11;/h5-9H,1,3-4,10H2,2H3;/q-1;+1. The molecule has 0 aliphatic heterocycles. The second-order valence-electron chi connectivity index (χ2n) is 2.77. The maximum atomic E-state index is 3.86. The summed E-state index contributed by atoms with van der Waals surface area (Å²) in [5.41, 5.74) is 1.30. The first kappa shape index (κ1) is 12.6. The topological polar surface area (TPSA) is 3.24 Å². The monoisotopic (exact) mass is 169 g/mol. The van der Waals surface area contributed by atoms with E-state index in [1.807, 2.05) is 6.07 Å². The van der Waals surface area contributed by atoms with Crippen molar-refractivity contribution in [3.8, 4) is 0 Å². The van der Waals surface area contributed by atoms with E-state index in [2.05, 4.69) is 43.0 Å². The van der Waals surface area contributed by atoms with Crippen LogP contribution >= 0.6 is 0 Å². The van der Waals surface area contributed by atoms with Crippen LogP contribution in [0.2, 0.25) is 0 Å². The minimum atomic E-state index is 0. The van der Waals surface area contributed by atoms with Crippen LogP contribution in [0.4, 0.5) is 5.69 Å². The van der Waals surface area contributed by atoms with E-state index in [1.54, 1.807) is 0 Å². The fraction of sp³-hybridized carbons (Fsp3) is 0.364. The molecule has 0 amide bonds. The predicted molar refractivity (Wildman–Crippen MR) is 54.3 cm³/mol. The molecule has 0 aliphatic carbocycles. The number of benzene rings is 1. The van der Waals surface area contributed by atoms with Gasteiger partial charge in [-0.25, -0.2) is 0 Å². The molecule has 0 N–H and O–H groups in total. The first-order valence-electron chi connectivity index (χ1n) is 4.47. The summed E-state index contributed by atoms with van der Waals surface area (Å²) < 4.78 is 0. The third-order valence-electron chi connectivity index (χ3n) is 1.93. The molecule has 0 saturated carbocycles. The van der Waals surface area contributed by atoms with Crippen molar-refractivity contribution in [1.82, 2.24) is 0 Å². The summed E-state index contributed by atoms with van der Waals surface area (Å²) in [7, 11) is 0. The molecule has 0 saturated heterocycles. The smallest absolute Gasteiger partial charge is 0.374 e. The van der Waals surface area contributed by atoms with Gasteiger partial charge in [0.1, 0.15) is 0 Å². The first-order valence-corrected chi connectivity index (χ1v) is 4.47. The minimum absolute atomic E-state index is 0. The van der Waals surface area contributed by atoms with Crippen molar-refractivity contribution >= 4 is 5.69 Å². The molecule has 0 bridgehead atoms. The van der Waals surface area contributed by atoms with Crippen molar-refractivity contribution in [2.24, 2.45) is 0 Å². The Labute approximate surface area is 93.3 Å². The average Bonchev–Trinajstić information content (AvgIpc) is 2.15. The molecule has 1 nitrogen and oxygen atoms in total. The molecule has 0 aliphatic rings. The molecule has 0 spiro atoms. The summed E-state index contributed by atoms with van der Waals surface area (Å²) in [5, 5.41) is 0. The van der Waals surface area contributed by atoms with Crippen LogP contribution < -0.4 is 23.8 Å². The van der Waals surface area contributed by atoms with Gasteiger partial charge >= 0.3 is 18.9 Å². The summed E-state index contributed by atoms with van der Waals surface area (Å²) in [6, 6.07) is 10.5. The zero-order valence-electron chi connectivity index (χ0n) is 8.66. The molecule has 0 fully saturated rings. The van der Waals surface area contributed by atoms with E-state index >= 15 is 0 Å². The van der Waals surface area contributed by atoms with Gasteiger partial charge in [-0.15, -0.1) is 0 Å². The van der Waals surface area contributed by atoms with E-state index in [4.69, 9.17) is 0 Å². The van der Waals surface area contributed by atoms with E-state index in [-0.39, 0.29) is 18.9 Å². The van der Waals surface area contributed by atoms with Crippen LogP contribution in [0.15, 0.2) is 30.3 Å². The summed E-state index contributed by atoms with van der Waals surface area (Å²) in [5.74, 6) is 0. The van der Waals surface area contributed by atoms with Crippen LogP contribution in [0.3, 0.4) is 0 Å². The van der Waals surface area contributed by atoms with Gasteiger partial charge in [0.2, 0.25) is 0 Å². The van der Waals surface area contributed by atoms with Crippen molar-refractivity contribution in [3.05, 3.63) is 37.3 Å². The van der Waals surface area contributed by atoms with Gasteiger partial charge in [0, 0.05) is 12.2 Å². The number of nitrogens with zero attached hydrogens (tertiary/aromatic N) is 1. The van der Waals surface area contributed by atoms with Crippen LogP contribution in [0.1, 0.15) is 13.3 Å². The minimum Gasteiger partial charge on any atom is -0.374 e. The van der Waals surface area contributed by atoms with Gasteiger partial charge in [0.15, 0.2) is 0 Å². The number of anilines is 1. The van der Waals surface area contributed by atoms with Gasteiger partial charge in [-0.1, -0.05) is 18.2 Å². The average molecular weight is 169 g/mol. The van der Waals surface area contributed by atoms with Crippen molar-refractivity contribution in [1.29, 1.82) is 0 Å². The molecule has 0 atom stereocenters. The Hall–Kier alpha value is -0.383. The fourth-order valence-corrected chi connectivity index (χ4v) is 1.30. The molecule has 1 aromatic rings. The molecular formula is C11H16LiN. The van der Waals surface area contributed by atoms with Crippen molar-refractivity contribution < 1.29 is 18.9 Å². The molecule has 13 heavy (non-hydrogen) atoms. The van der Waals surface area contributed by atoms with Crippen LogP contribution in [0.5, 0.6) is 0 Å². The quantitative estimate of drug-likeness (QED) is 0.443. The Morgan fingerprint density at radius 1 is 1.23 bits per heavy atom. The number of hydrogen-bond acceptors (Lipinski definition) is 1. The number of para-hydroxylation sites is 1. The number of rotatable bonds is 4. The molecular weight excluding hydrogens is 153 g/mol. The number of hydrogen-bond donors (Lipinski definition) is 0. The Morgan fingerprint density at radius 3 is 2.31 bits per heavy atom. The van der Waals surface area contributed by atoms with E-state index < -0.39 is 0 Å². The maximum Gasteiger partial charge on any atom is 1.00 e. The van der Waals surface area contributed by atoms with E-state index in [9.17, 15) is 0 Å². The zero-order valence-corrected chi connectivity index (χ0v) is 8.66. The van der Waals surface area contributed by atoms with Gasteiger partial charge in [-0.3, -0.25) is 0 Å². The summed E-state index contributed by atoms with van der Waals surface area (Å²) in [6.45, 7) is 8.12.